The van der Waals surface area contributed by atoms with Crippen LogP contribution in [-0.2, 0) is 0 Å². The molecule has 3 amide bonds. The second-order valence-electron chi connectivity index (χ2n) is 6.81. The van der Waals surface area contributed by atoms with Crippen molar-refractivity contribution in [1.82, 2.24) is 4.98 Å². The van der Waals surface area contributed by atoms with Crippen LogP contribution < -0.4 is 16.4 Å². The molecular formula is C23H20N4O2. The van der Waals surface area contributed by atoms with Crippen molar-refractivity contribution < 1.29 is 9.59 Å². The van der Waals surface area contributed by atoms with Gasteiger partial charge in [0.05, 0.1) is 0 Å². The lowest BCUT2D eigenvalue weighted by atomic mass is 10.0. The van der Waals surface area contributed by atoms with Crippen LogP contribution in [0.3, 0.4) is 0 Å². The number of urea groups is 1. The summed E-state index contributed by atoms with van der Waals surface area (Å²) in [5.74, 6) is -0.518. The van der Waals surface area contributed by atoms with E-state index in [9.17, 15) is 9.59 Å². The summed E-state index contributed by atoms with van der Waals surface area (Å²) in [4.78, 5) is 27.2. The number of hydrogen-bond donors (Lipinski definition) is 4. The number of benzene rings is 3. The zero-order valence-electron chi connectivity index (χ0n) is 15.8. The van der Waals surface area contributed by atoms with Gasteiger partial charge < -0.3 is 21.4 Å². The second kappa shape index (κ2) is 7.52. The molecule has 29 heavy (non-hydrogen) atoms. The van der Waals surface area contributed by atoms with Gasteiger partial charge in [0.15, 0.2) is 0 Å². The molecule has 0 spiro atoms. The van der Waals surface area contributed by atoms with Crippen molar-refractivity contribution >= 4 is 34.2 Å². The second-order valence-corrected chi connectivity index (χ2v) is 6.81. The predicted molar refractivity (Wildman–Crippen MR) is 116 cm³/mol. The van der Waals surface area contributed by atoms with Gasteiger partial charge in [-0.2, -0.15) is 0 Å². The normalized spacial score (nSPS) is 10.7. The van der Waals surface area contributed by atoms with Crippen molar-refractivity contribution in [1.29, 1.82) is 0 Å². The van der Waals surface area contributed by atoms with Crippen molar-refractivity contribution in [2.24, 2.45) is 5.73 Å². The van der Waals surface area contributed by atoms with Crippen molar-refractivity contribution in [3.8, 4) is 11.1 Å². The Balaban J connectivity index is 1.56. The first-order chi connectivity index (χ1) is 14.0. The summed E-state index contributed by atoms with van der Waals surface area (Å²) in [6.45, 7) is 1.99. The summed E-state index contributed by atoms with van der Waals surface area (Å²) in [5, 5.41) is 6.51. The molecule has 144 valence electrons. The fourth-order valence-electron chi connectivity index (χ4n) is 3.28. The van der Waals surface area contributed by atoms with Gasteiger partial charge in [-0.3, -0.25) is 4.79 Å². The molecule has 0 radical (unpaired) electrons. The average molecular weight is 384 g/mol. The van der Waals surface area contributed by atoms with Crippen LogP contribution in [0.1, 0.15) is 16.1 Å². The van der Waals surface area contributed by atoms with E-state index in [0.717, 1.165) is 33.3 Å². The highest BCUT2D eigenvalue weighted by atomic mass is 16.2. The average Bonchev–Trinajstić information content (AvgIpc) is 3.10. The molecule has 6 nitrogen and oxygen atoms in total. The molecule has 1 aromatic heterocycles. The molecule has 6 heteroatoms. The van der Waals surface area contributed by atoms with Crippen molar-refractivity contribution in [2.45, 2.75) is 6.92 Å². The summed E-state index contributed by atoms with van der Waals surface area (Å²) in [7, 11) is 0. The fourth-order valence-corrected chi connectivity index (χ4v) is 3.28. The van der Waals surface area contributed by atoms with Gasteiger partial charge in [-0.25, -0.2) is 4.79 Å². The van der Waals surface area contributed by atoms with E-state index < -0.39 is 5.91 Å². The quantitative estimate of drug-likeness (QED) is 0.403. The van der Waals surface area contributed by atoms with Gasteiger partial charge >= 0.3 is 6.03 Å². The van der Waals surface area contributed by atoms with E-state index >= 15 is 0 Å². The lowest BCUT2D eigenvalue weighted by Gasteiger charge is -2.09. The number of aryl methyl sites for hydroxylation is 1. The molecule has 0 bridgehead atoms. The first-order valence-corrected chi connectivity index (χ1v) is 9.17. The summed E-state index contributed by atoms with van der Waals surface area (Å²) in [6, 6.07) is 22.2. The monoisotopic (exact) mass is 384 g/mol. The number of fused-ring (bicyclic) bond motifs is 1. The molecule has 0 aliphatic carbocycles. The third-order valence-corrected chi connectivity index (χ3v) is 4.69. The third kappa shape index (κ3) is 3.82. The highest BCUT2D eigenvalue weighted by Gasteiger charge is 2.17. The zero-order chi connectivity index (χ0) is 20.4. The Hall–Kier alpha value is -4.06. The summed E-state index contributed by atoms with van der Waals surface area (Å²) in [6.07, 6.45) is 0. The number of rotatable bonds is 4. The number of carbonyl (C=O) groups excluding carboxylic acids is 2. The Morgan fingerprint density at radius 2 is 1.41 bits per heavy atom. The highest BCUT2D eigenvalue weighted by molar-refractivity contribution is 6.09. The van der Waals surface area contributed by atoms with Crippen LogP contribution in [0.4, 0.5) is 16.2 Å². The molecule has 4 rings (SSSR count). The van der Waals surface area contributed by atoms with Crippen molar-refractivity contribution in [3.05, 3.63) is 84.1 Å². The van der Waals surface area contributed by atoms with E-state index in [1.165, 1.54) is 0 Å². The van der Waals surface area contributed by atoms with Crippen molar-refractivity contribution in [3.63, 3.8) is 0 Å². The highest BCUT2D eigenvalue weighted by Crippen LogP contribution is 2.33. The molecule has 0 atom stereocenters. The van der Waals surface area contributed by atoms with Crippen LogP contribution in [0.25, 0.3) is 22.0 Å². The van der Waals surface area contributed by atoms with E-state index in [0.29, 0.717) is 11.4 Å². The molecule has 3 aromatic carbocycles. The number of aromatic nitrogens is 1. The first-order valence-electron chi connectivity index (χ1n) is 9.17. The molecule has 0 unspecified atom stereocenters. The molecule has 0 fully saturated rings. The molecule has 0 aliphatic rings. The molecule has 0 saturated carbocycles. The Kier molecular flexibility index (Phi) is 4.75. The van der Waals surface area contributed by atoms with Gasteiger partial charge in [-0.15, -0.1) is 0 Å². The van der Waals surface area contributed by atoms with E-state index in [1.807, 2.05) is 67.6 Å². The smallest absolute Gasteiger partial charge is 0.323 e. The van der Waals surface area contributed by atoms with Gasteiger partial charge in [0.2, 0.25) is 0 Å². The minimum atomic E-state index is -0.518. The number of primary amides is 1. The number of nitrogens with two attached hydrogens (primary N) is 1. The lowest BCUT2D eigenvalue weighted by molar-refractivity contribution is 0.0997. The standard InChI is InChI=1S/C23H20N4O2/c1-14-6-10-16(11-7-14)25-23(29)26-17-12-8-15(9-13-17)20-18-4-2-3-5-19(18)27-21(20)22(24)28/h2-13,27H,1H3,(H2,24,28)(H2,25,26,29). The number of nitrogens with one attached hydrogen (secondary N) is 3. The first kappa shape index (κ1) is 18.3. The van der Waals surface area contributed by atoms with Crippen LogP contribution in [0, 0.1) is 6.92 Å². The Labute approximate surface area is 167 Å². The van der Waals surface area contributed by atoms with Crippen LogP contribution in [0.5, 0.6) is 0 Å². The molecule has 0 aliphatic heterocycles. The number of anilines is 2. The van der Waals surface area contributed by atoms with Crippen LogP contribution >= 0.6 is 0 Å². The number of carbonyl (C=O) groups is 2. The minimum absolute atomic E-state index is 0.327. The maximum Gasteiger partial charge on any atom is 0.323 e. The number of para-hydroxylation sites is 1. The van der Waals surface area contributed by atoms with Crippen LogP contribution in [-0.4, -0.2) is 16.9 Å². The van der Waals surface area contributed by atoms with Crippen molar-refractivity contribution in [2.75, 3.05) is 10.6 Å². The third-order valence-electron chi connectivity index (χ3n) is 4.69. The maximum atomic E-state index is 12.2. The summed E-state index contributed by atoms with van der Waals surface area (Å²) < 4.78 is 0. The van der Waals surface area contributed by atoms with Gasteiger partial charge in [-0.1, -0.05) is 48.0 Å². The van der Waals surface area contributed by atoms with Gasteiger partial charge in [0.25, 0.3) is 5.91 Å². The number of aromatic amines is 1. The predicted octanol–water partition coefficient (Wildman–Crippen LogP) is 4.89. The largest absolute Gasteiger partial charge is 0.364 e. The number of hydrogen-bond acceptors (Lipinski definition) is 2. The van der Waals surface area contributed by atoms with E-state index in [2.05, 4.69) is 15.6 Å². The topological polar surface area (TPSA) is 100 Å². The van der Waals surface area contributed by atoms with Gasteiger partial charge in [0, 0.05) is 27.8 Å². The van der Waals surface area contributed by atoms with Gasteiger partial charge in [0.1, 0.15) is 5.69 Å². The summed E-state index contributed by atoms with van der Waals surface area (Å²) >= 11 is 0. The Morgan fingerprint density at radius 3 is 2.03 bits per heavy atom. The summed E-state index contributed by atoms with van der Waals surface area (Å²) in [5.41, 5.74) is 10.8. The fraction of sp³-hybridized carbons (Fsp3) is 0.0435. The van der Waals surface area contributed by atoms with E-state index in [1.54, 1.807) is 12.1 Å². The van der Waals surface area contributed by atoms with E-state index in [-0.39, 0.29) is 6.03 Å². The molecule has 5 N–H and O–H groups in total. The Morgan fingerprint density at radius 1 is 0.828 bits per heavy atom. The lowest BCUT2D eigenvalue weighted by Crippen LogP contribution is -2.19. The Bertz CT molecular complexity index is 1190. The maximum absolute atomic E-state index is 12.2. The van der Waals surface area contributed by atoms with E-state index in [4.69, 9.17) is 5.73 Å². The molecule has 0 saturated heterocycles. The number of H-pyrrole nitrogens is 1. The number of amides is 3. The van der Waals surface area contributed by atoms with Crippen LogP contribution in [0.15, 0.2) is 72.8 Å². The molecule has 4 aromatic rings. The van der Waals surface area contributed by atoms with Gasteiger partial charge in [-0.05, 0) is 42.8 Å². The van der Waals surface area contributed by atoms with Crippen LogP contribution in [0.2, 0.25) is 0 Å². The molecular weight excluding hydrogens is 364 g/mol. The molecule has 1 heterocycles. The SMILES string of the molecule is Cc1ccc(NC(=O)Nc2ccc(-c3c(C(N)=O)[nH]c4ccccc34)cc2)cc1. The zero-order valence-corrected chi connectivity index (χ0v) is 15.8. The minimum Gasteiger partial charge on any atom is -0.364 e.